The van der Waals surface area contributed by atoms with E-state index in [1.807, 2.05) is 13.0 Å². The van der Waals surface area contributed by atoms with Gasteiger partial charge < -0.3 is 4.74 Å². The van der Waals surface area contributed by atoms with Crippen LogP contribution in [0, 0.1) is 13.8 Å². The van der Waals surface area contributed by atoms with Gasteiger partial charge in [-0.2, -0.15) is 0 Å². The number of ether oxygens (including phenoxy) is 1. The van der Waals surface area contributed by atoms with Crippen molar-refractivity contribution < 1.29 is 23.9 Å². The number of anilines is 2. The molecule has 2 amide bonds. The molecule has 2 N–H and O–H groups in total. The highest BCUT2D eigenvalue weighted by molar-refractivity contribution is 7.15. The maximum absolute atomic E-state index is 12.8. The third-order valence-electron chi connectivity index (χ3n) is 6.32. The Hall–Kier alpha value is -4.36. The van der Waals surface area contributed by atoms with Crippen molar-refractivity contribution in [2.75, 3.05) is 10.6 Å². The quantitative estimate of drug-likeness (QED) is 0.127. The number of hydrogen-bond donors (Lipinski definition) is 2. The van der Waals surface area contributed by atoms with Crippen molar-refractivity contribution >= 4 is 56.5 Å². The molecule has 0 aliphatic rings. The van der Waals surface area contributed by atoms with Gasteiger partial charge in [-0.15, -0.1) is 20.4 Å². The molecule has 42 heavy (non-hydrogen) atoms. The van der Waals surface area contributed by atoms with Crippen molar-refractivity contribution in [1.29, 1.82) is 0 Å². The zero-order valence-electron chi connectivity index (χ0n) is 23.6. The highest BCUT2D eigenvalue weighted by Gasteiger charge is 2.17. The molecule has 0 atom stereocenters. The van der Waals surface area contributed by atoms with Crippen LogP contribution in [0.25, 0.3) is 0 Å². The van der Waals surface area contributed by atoms with Crippen LogP contribution in [0.15, 0.2) is 36.4 Å². The van der Waals surface area contributed by atoms with Gasteiger partial charge in [0.15, 0.2) is 0 Å². The molecule has 0 saturated carbocycles. The second-order valence-corrected chi connectivity index (χ2v) is 11.7. The smallest absolute Gasteiger partial charge is 0.308 e. The Labute approximate surface area is 250 Å². The number of aryl methyl sites for hydroxylation is 2. The molecule has 0 radical (unpaired) electrons. The molecule has 4 aromatic rings. The first-order valence-electron chi connectivity index (χ1n) is 13.2. The molecule has 2 aromatic carbocycles. The van der Waals surface area contributed by atoms with Crippen LogP contribution < -0.4 is 15.4 Å². The number of carbonyl (C=O) groups is 4. The fraction of sp³-hybridized carbons (Fsp3) is 0.310. The van der Waals surface area contributed by atoms with Crippen LogP contribution in [0.1, 0.15) is 74.1 Å². The maximum atomic E-state index is 12.8. The molecule has 0 saturated heterocycles. The van der Waals surface area contributed by atoms with Crippen molar-refractivity contribution in [1.82, 2.24) is 20.4 Å². The van der Waals surface area contributed by atoms with Crippen molar-refractivity contribution in [3.05, 3.63) is 74.2 Å². The Morgan fingerprint density at radius 2 is 1.26 bits per heavy atom. The number of rotatable bonds is 12. The average Bonchev–Trinajstić information content (AvgIpc) is 3.57. The van der Waals surface area contributed by atoms with Crippen molar-refractivity contribution in [2.45, 2.75) is 59.8 Å². The van der Waals surface area contributed by atoms with Gasteiger partial charge in [-0.05, 0) is 62.9 Å². The number of carbonyl (C=O) groups excluding carboxylic acids is 4. The van der Waals surface area contributed by atoms with E-state index in [1.54, 1.807) is 37.3 Å². The minimum atomic E-state index is -0.456. The van der Waals surface area contributed by atoms with Gasteiger partial charge in [0.2, 0.25) is 10.3 Å². The minimum Gasteiger partial charge on any atom is -0.426 e. The molecule has 2 aromatic heterocycles. The fourth-order valence-corrected chi connectivity index (χ4v) is 5.76. The van der Waals surface area contributed by atoms with E-state index in [0.717, 1.165) is 34.0 Å². The lowest BCUT2D eigenvalue weighted by Crippen LogP contribution is -2.14. The second-order valence-electron chi connectivity index (χ2n) is 9.61. The predicted molar refractivity (Wildman–Crippen MR) is 160 cm³/mol. The Kier molecular flexibility index (Phi) is 10.2. The summed E-state index contributed by atoms with van der Waals surface area (Å²) >= 11 is 2.63. The molecule has 11 nitrogen and oxygen atoms in total. The Morgan fingerprint density at radius 3 is 1.79 bits per heavy atom. The summed E-state index contributed by atoms with van der Waals surface area (Å²) in [7, 11) is 0. The fourth-order valence-electron chi connectivity index (χ4n) is 4.21. The number of esters is 1. The first-order chi connectivity index (χ1) is 20.1. The summed E-state index contributed by atoms with van der Waals surface area (Å²) in [5, 5.41) is 24.5. The summed E-state index contributed by atoms with van der Waals surface area (Å²) in [6, 6.07) is 10.3. The summed E-state index contributed by atoms with van der Waals surface area (Å²) in [5.41, 5.74) is 3.05. The molecule has 0 bridgehead atoms. The molecule has 0 unspecified atom stereocenters. The van der Waals surface area contributed by atoms with Crippen molar-refractivity contribution in [3.8, 4) is 5.75 Å². The number of ketones is 1. The summed E-state index contributed by atoms with van der Waals surface area (Å²) in [6.07, 6.45) is 3.33. The molecular formula is C29H30N6O5S2. The molecular weight excluding hydrogens is 576 g/mol. The van der Waals surface area contributed by atoms with Gasteiger partial charge in [-0.1, -0.05) is 40.9 Å². The van der Waals surface area contributed by atoms with E-state index in [9.17, 15) is 19.2 Å². The number of amides is 2. The van der Waals surface area contributed by atoms with E-state index in [4.69, 9.17) is 4.74 Å². The van der Waals surface area contributed by atoms with Gasteiger partial charge in [-0.3, -0.25) is 29.8 Å². The van der Waals surface area contributed by atoms with Crippen LogP contribution >= 0.6 is 22.7 Å². The number of aromatic nitrogens is 4. The van der Waals surface area contributed by atoms with Crippen molar-refractivity contribution in [3.63, 3.8) is 0 Å². The van der Waals surface area contributed by atoms with Crippen LogP contribution in [-0.4, -0.2) is 44.0 Å². The average molecular weight is 607 g/mol. The van der Waals surface area contributed by atoms with Crippen LogP contribution in [0.3, 0.4) is 0 Å². The summed E-state index contributed by atoms with van der Waals surface area (Å²) in [6.45, 7) is 6.38. The van der Waals surface area contributed by atoms with Gasteiger partial charge in [0.25, 0.3) is 11.8 Å². The third kappa shape index (κ3) is 8.10. The van der Waals surface area contributed by atoms with E-state index in [-0.39, 0.29) is 24.0 Å². The molecule has 0 aliphatic carbocycles. The molecule has 0 aliphatic heterocycles. The van der Waals surface area contributed by atoms with Gasteiger partial charge in [0.1, 0.15) is 21.5 Å². The number of Topliss-reactive ketones (excluding diaryl/α,β-unsaturated/α-hetero) is 1. The van der Waals surface area contributed by atoms with E-state index in [0.29, 0.717) is 45.5 Å². The highest BCUT2D eigenvalue weighted by atomic mass is 32.1. The number of unbranched alkanes of at least 4 members (excludes halogenated alkanes) is 1. The topological polar surface area (TPSA) is 153 Å². The zero-order chi connectivity index (χ0) is 30.2. The van der Waals surface area contributed by atoms with Crippen LogP contribution in [0.5, 0.6) is 5.75 Å². The van der Waals surface area contributed by atoms with Gasteiger partial charge in [0, 0.05) is 42.9 Å². The lowest BCUT2D eigenvalue weighted by Gasteiger charge is -2.09. The normalized spacial score (nSPS) is 10.8. The number of nitrogens with zero attached hydrogens (tertiary/aromatic N) is 4. The highest BCUT2D eigenvalue weighted by Crippen LogP contribution is 2.25. The second kappa shape index (κ2) is 14.0. The first kappa shape index (κ1) is 30.6. The molecule has 0 fully saturated rings. The van der Waals surface area contributed by atoms with E-state index >= 15 is 0 Å². The van der Waals surface area contributed by atoms with E-state index in [1.165, 1.54) is 36.5 Å². The molecule has 0 spiro atoms. The first-order valence-corrected chi connectivity index (χ1v) is 14.9. The predicted octanol–water partition coefficient (Wildman–Crippen LogP) is 5.13. The lowest BCUT2D eigenvalue weighted by atomic mass is 9.98. The number of hydrogen-bond acceptors (Lipinski definition) is 11. The van der Waals surface area contributed by atoms with E-state index in [2.05, 4.69) is 31.0 Å². The standard InChI is InChI=1S/C29H30N6O5S2/c1-16(36)15-20-9-7-10-21(17(20)2)26(38)30-28-34-32-24(41-28)13-5-6-14-25-33-35-29(42-25)31-27(39)22-11-8-12-23(18(22)3)40-19(4)37/h7-12H,5-6,13-15H2,1-4H3,(H,30,34,38)(H,31,35,39). The Morgan fingerprint density at radius 1 is 0.738 bits per heavy atom. The number of benzene rings is 2. The third-order valence-corrected chi connectivity index (χ3v) is 8.12. The SMILES string of the molecule is CC(=O)Cc1cccc(C(=O)Nc2nnc(CCCCc3nnc(NC(=O)c4cccc(OC(C)=O)c4C)s3)s2)c1C. The Bertz CT molecular complexity index is 1510. The monoisotopic (exact) mass is 606 g/mol. The maximum Gasteiger partial charge on any atom is 0.308 e. The van der Waals surface area contributed by atoms with Crippen LogP contribution in [0.4, 0.5) is 10.3 Å². The van der Waals surface area contributed by atoms with Crippen molar-refractivity contribution in [2.24, 2.45) is 0 Å². The molecule has 13 heteroatoms. The summed E-state index contributed by atoms with van der Waals surface area (Å²) in [5.74, 6) is -0.723. The van der Waals surface area contributed by atoms with E-state index < -0.39 is 5.97 Å². The summed E-state index contributed by atoms with van der Waals surface area (Å²) < 4.78 is 5.15. The van der Waals surface area contributed by atoms with Gasteiger partial charge in [-0.25, -0.2) is 0 Å². The van der Waals surface area contributed by atoms with Gasteiger partial charge >= 0.3 is 5.97 Å². The molecule has 2 heterocycles. The molecule has 218 valence electrons. The minimum absolute atomic E-state index is 0.0399. The van der Waals surface area contributed by atoms with Crippen LogP contribution in [-0.2, 0) is 28.9 Å². The van der Waals surface area contributed by atoms with Gasteiger partial charge in [0.05, 0.1) is 0 Å². The van der Waals surface area contributed by atoms with Crippen LogP contribution in [0.2, 0.25) is 0 Å². The largest absolute Gasteiger partial charge is 0.426 e. The summed E-state index contributed by atoms with van der Waals surface area (Å²) in [4.78, 5) is 48.4. The molecule has 4 rings (SSSR count). The number of nitrogens with one attached hydrogen (secondary N) is 2. The lowest BCUT2D eigenvalue weighted by molar-refractivity contribution is -0.132. The Balaban J connectivity index is 1.24. The zero-order valence-corrected chi connectivity index (χ0v) is 25.3.